The molecule has 0 bridgehead atoms. The highest BCUT2D eigenvalue weighted by atomic mass is 32.2. The lowest BCUT2D eigenvalue weighted by atomic mass is 10.2. The largest absolute Gasteiger partial charge is 0.481 e. The van der Waals surface area contributed by atoms with E-state index in [0.717, 1.165) is 6.26 Å². The van der Waals surface area contributed by atoms with E-state index in [4.69, 9.17) is 5.11 Å². The second kappa shape index (κ2) is 4.42. The van der Waals surface area contributed by atoms with Crippen LogP contribution in [0.2, 0.25) is 0 Å². The molecule has 1 unspecified atom stereocenters. The Bertz CT molecular complexity index is 243. The van der Waals surface area contributed by atoms with Crippen molar-refractivity contribution in [3.05, 3.63) is 0 Å². The SMILES string of the molecule is CCC(CC(=O)O)OS(C)(=O)=O. The summed E-state index contributed by atoms with van der Waals surface area (Å²) < 4.78 is 25.6. The van der Waals surface area contributed by atoms with Gasteiger partial charge in [-0.3, -0.25) is 8.98 Å². The van der Waals surface area contributed by atoms with E-state index in [0.29, 0.717) is 6.42 Å². The fraction of sp³-hybridized carbons (Fsp3) is 0.833. The van der Waals surface area contributed by atoms with Crippen LogP contribution in [0.15, 0.2) is 0 Å². The van der Waals surface area contributed by atoms with Crippen molar-refractivity contribution >= 4 is 16.1 Å². The van der Waals surface area contributed by atoms with Gasteiger partial charge in [-0.1, -0.05) is 6.92 Å². The van der Waals surface area contributed by atoms with E-state index in [-0.39, 0.29) is 6.42 Å². The molecule has 0 aromatic rings. The van der Waals surface area contributed by atoms with Gasteiger partial charge in [-0.2, -0.15) is 8.42 Å². The van der Waals surface area contributed by atoms with Crippen molar-refractivity contribution in [3.63, 3.8) is 0 Å². The van der Waals surface area contributed by atoms with Crippen LogP contribution in [-0.4, -0.2) is 31.9 Å². The zero-order valence-electron chi connectivity index (χ0n) is 6.98. The van der Waals surface area contributed by atoms with Crippen molar-refractivity contribution in [1.29, 1.82) is 0 Å². The minimum atomic E-state index is -3.54. The second-order valence-electron chi connectivity index (χ2n) is 2.43. The summed E-state index contributed by atoms with van der Waals surface area (Å²) in [7, 11) is -3.54. The number of carboxylic acids is 1. The van der Waals surface area contributed by atoms with Gasteiger partial charge in [-0.05, 0) is 6.42 Å². The maximum atomic E-state index is 10.6. The molecule has 0 fully saturated rings. The Hall–Kier alpha value is -0.620. The maximum Gasteiger partial charge on any atom is 0.306 e. The number of rotatable bonds is 5. The van der Waals surface area contributed by atoms with Crippen molar-refractivity contribution in [3.8, 4) is 0 Å². The zero-order valence-corrected chi connectivity index (χ0v) is 7.80. The molecule has 0 aliphatic carbocycles. The van der Waals surface area contributed by atoms with E-state index in [1.54, 1.807) is 6.92 Å². The summed E-state index contributed by atoms with van der Waals surface area (Å²) >= 11 is 0. The fourth-order valence-corrected chi connectivity index (χ4v) is 1.39. The van der Waals surface area contributed by atoms with Crippen LogP contribution in [0.3, 0.4) is 0 Å². The third-order valence-electron chi connectivity index (χ3n) is 1.17. The smallest absolute Gasteiger partial charge is 0.306 e. The first-order valence-corrected chi connectivity index (χ1v) is 5.27. The molecule has 0 radical (unpaired) electrons. The minimum Gasteiger partial charge on any atom is -0.481 e. The molecule has 5 nitrogen and oxygen atoms in total. The Morgan fingerprint density at radius 1 is 1.58 bits per heavy atom. The summed E-state index contributed by atoms with van der Waals surface area (Å²) in [6, 6.07) is 0. The molecule has 1 atom stereocenters. The highest BCUT2D eigenvalue weighted by Gasteiger charge is 2.16. The molecular weight excluding hydrogens is 184 g/mol. The molecule has 1 N–H and O–H groups in total. The molecule has 0 aliphatic heterocycles. The number of carbonyl (C=O) groups is 1. The van der Waals surface area contributed by atoms with E-state index < -0.39 is 22.2 Å². The molecule has 0 aromatic carbocycles. The zero-order chi connectivity index (χ0) is 9.78. The fourth-order valence-electron chi connectivity index (χ4n) is 0.688. The van der Waals surface area contributed by atoms with Gasteiger partial charge in [0.1, 0.15) is 0 Å². The Morgan fingerprint density at radius 2 is 2.08 bits per heavy atom. The third kappa shape index (κ3) is 6.11. The van der Waals surface area contributed by atoms with Gasteiger partial charge in [0.05, 0.1) is 18.8 Å². The number of carboxylic acid groups (broad SMARTS) is 1. The molecule has 0 amide bonds. The van der Waals surface area contributed by atoms with Crippen LogP contribution in [-0.2, 0) is 19.1 Å². The topological polar surface area (TPSA) is 80.7 Å². The molecule has 6 heteroatoms. The van der Waals surface area contributed by atoms with Gasteiger partial charge in [0.25, 0.3) is 10.1 Å². The van der Waals surface area contributed by atoms with E-state index in [9.17, 15) is 13.2 Å². The Balaban J connectivity index is 4.10. The summed E-state index contributed by atoms with van der Waals surface area (Å²) in [6.45, 7) is 1.67. The molecule has 12 heavy (non-hydrogen) atoms. The molecule has 0 spiro atoms. The number of hydrogen-bond donors (Lipinski definition) is 1. The third-order valence-corrected chi connectivity index (χ3v) is 1.79. The summed E-state index contributed by atoms with van der Waals surface area (Å²) in [5.41, 5.74) is 0. The summed E-state index contributed by atoms with van der Waals surface area (Å²) in [5, 5.41) is 8.34. The quantitative estimate of drug-likeness (QED) is 0.636. The number of hydrogen-bond acceptors (Lipinski definition) is 4. The maximum absolute atomic E-state index is 10.6. The molecule has 0 aromatic heterocycles. The second-order valence-corrected chi connectivity index (χ2v) is 4.03. The van der Waals surface area contributed by atoms with Gasteiger partial charge in [0, 0.05) is 0 Å². The first-order chi connectivity index (χ1) is 5.35. The van der Waals surface area contributed by atoms with Crippen LogP contribution in [0.25, 0.3) is 0 Å². The average molecular weight is 196 g/mol. The lowest BCUT2D eigenvalue weighted by molar-refractivity contribution is -0.138. The Morgan fingerprint density at radius 3 is 2.33 bits per heavy atom. The van der Waals surface area contributed by atoms with Crippen molar-refractivity contribution in [2.24, 2.45) is 0 Å². The van der Waals surface area contributed by atoms with Gasteiger partial charge < -0.3 is 5.11 Å². The summed E-state index contributed by atoms with van der Waals surface area (Å²) in [5.74, 6) is -1.06. The van der Waals surface area contributed by atoms with E-state index in [2.05, 4.69) is 4.18 Å². The lowest BCUT2D eigenvalue weighted by Crippen LogP contribution is -2.20. The normalized spacial score (nSPS) is 14.2. The average Bonchev–Trinajstić information content (AvgIpc) is 1.82. The molecular formula is C6H12O5S. The van der Waals surface area contributed by atoms with Gasteiger partial charge >= 0.3 is 5.97 Å². The van der Waals surface area contributed by atoms with Gasteiger partial charge in [0.2, 0.25) is 0 Å². The monoisotopic (exact) mass is 196 g/mol. The first kappa shape index (κ1) is 11.4. The van der Waals surface area contributed by atoms with Crippen LogP contribution in [0.1, 0.15) is 19.8 Å². The van der Waals surface area contributed by atoms with Crippen LogP contribution >= 0.6 is 0 Å². The molecule has 0 rings (SSSR count). The predicted molar refractivity (Wildman–Crippen MR) is 42.3 cm³/mol. The number of aliphatic carboxylic acids is 1. The molecule has 0 saturated heterocycles. The predicted octanol–water partition coefficient (Wildman–Crippen LogP) is 0.216. The van der Waals surface area contributed by atoms with Crippen molar-refractivity contribution in [1.82, 2.24) is 0 Å². The molecule has 0 saturated carbocycles. The van der Waals surface area contributed by atoms with Crippen LogP contribution in [0.5, 0.6) is 0 Å². The first-order valence-electron chi connectivity index (χ1n) is 3.45. The summed E-state index contributed by atoms with van der Waals surface area (Å²) in [6.07, 6.45) is 0.220. The van der Waals surface area contributed by atoms with E-state index in [1.165, 1.54) is 0 Å². The van der Waals surface area contributed by atoms with Crippen LogP contribution < -0.4 is 0 Å². The summed E-state index contributed by atoms with van der Waals surface area (Å²) in [4.78, 5) is 10.2. The molecule has 72 valence electrons. The van der Waals surface area contributed by atoms with Gasteiger partial charge in [0.15, 0.2) is 0 Å². The van der Waals surface area contributed by atoms with E-state index in [1.807, 2.05) is 0 Å². The lowest BCUT2D eigenvalue weighted by Gasteiger charge is -2.10. The Kier molecular flexibility index (Phi) is 4.19. The van der Waals surface area contributed by atoms with Gasteiger partial charge in [-0.15, -0.1) is 0 Å². The van der Waals surface area contributed by atoms with Crippen molar-refractivity contribution < 1.29 is 22.5 Å². The Labute approximate surface area is 71.5 Å². The minimum absolute atomic E-state index is 0.288. The van der Waals surface area contributed by atoms with Crippen LogP contribution in [0.4, 0.5) is 0 Å². The standard InChI is InChI=1S/C6H12O5S/c1-3-5(4-6(7)8)11-12(2,9)10/h5H,3-4H2,1-2H3,(H,7,8). The van der Waals surface area contributed by atoms with E-state index >= 15 is 0 Å². The highest BCUT2D eigenvalue weighted by Crippen LogP contribution is 2.06. The molecule has 0 heterocycles. The van der Waals surface area contributed by atoms with Crippen LogP contribution in [0, 0.1) is 0 Å². The molecule has 0 aliphatic rings. The highest BCUT2D eigenvalue weighted by molar-refractivity contribution is 7.86. The van der Waals surface area contributed by atoms with Gasteiger partial charge in [-0.25, -0.2) is 0 Å². The van der Waals surface area contributed by atoms with Crippen molar-refractivity contribution in [2.75, 3.05) is 6.26 Å². The van der Waals surface area contributed by atoms with Crippen molar-refractivity contribution in [2.45, 2.75) is 25.9 Å².